The predicted molar refractivity (Wildman–Crippen MR) is 114 cm³/mol. The molecule has 0 bridgehead atoms. The molecule has 0 amide bonds. The quantitative estimate of drug-likeness (QED) is 0.507. The van der Waals surface area contributed by atoms with E-state index in [-0.39, 0.29) is 41.9 Å². The summed E-state index contributed by atoms with van der Waals surface area (Å²) in [4.78, 5) is 0. The van der Waals surface area contributed by atoms with Crippen LogP contribution in [0.2, 0.25) is 0 Å². The average molecular weight is 489 g/mol. The molecule has 1 heterocycles. The van der Waals surface area contributed by atoms with Crippen molar-refractivity contribution < 1.29 is 35.1 Å². The van der Waals surface area contributed by atoms with Crippen LogP contribution in [0.1, 0.15) is 42.4 Å². The van der Waals surface area contributed by atoms with Crippen LogP contribution in [0.3, 0.4) is 0 Å². The lowest BCUT2D eigenvalue weighted by molar-refractivity contribution is -0.137. The predicted octanol–water partition coefficient (Wildman–Crippen LogP) is 5.71. The highest BCUT2D eigenvalue weighted by Gasteiger charge is 2.52. The van der Waals surface area contributed by atoms with Crippen LogP contribution in [0.5, 0.6) is 5.75 Å². The Balaban J connectivity index is 1.78. The molecule has 3 atom stereocenters. The van der Waals surface area contributed by atoms with Crippen LogP contribution >= 0.6 is 0 Å². The number of rotatable bonds is 5. The molecule has 0 saturated heterocycles. The molecule has 180 valence electrons. The lowest BCUT2D eigenvalue weighted by Crippen LogP contribution is -2.51. The zero-order valence-electron chi connectivity index (χ0n) is 18.1. The highest BCUT2D eigenvalue weighted by molar-refractivity contribution is 7.90. The Kier molecular flexibility index (Phi) is 6.22. The molecule has 0 radical (unpaired) electrons. The van der Waals surface area contributed by atoms with Gasteiger partial charge in [0.05, 0.1) is 17.9 Å². The van der Waals surface area contributed by atoms with Crippen LogP contribution in [-0.4, -0.2) is 27.0 Å². The summed E-state index contributed by atoms with van der Waals surface area (Å²) in [6.45, 7) is 0.0996. The number of hydrogen-bond donors (Lipinski definition) is 0. The van der Waals surface area contributed by atoms with Gasteiger partial charge in [0.15, 0.2) is 11.6 Å². The van der Waals surface area contributed by atoms with Crippen molar-refractivity contribution in [1.29, 1.82) is 0 Å². The van der Waals surface area contributed by atoms with E-state index in [1.54, 1.807) is 0 Å². The van der Waals surface area contributed by atoms with Gasteiger partial charge in [-0.2, -0.15) is 13.2 Å². The van der Waals surface area contributed by atoms with E-state index in [0.29, 0.717) is 24.8 Å². The monoisotopic (exact) mass is 488 g/mol. The molecule has 4 rings (SSSR count). The van der Waals surface area contributed by atoms with Gasteiger partial charge in [-0.3, -0.25) is 0 Å². The normalized spacial score (nSPS) is 25.2. The van der Waals surface area contributed by atoms with E-state index >= 15 is 4.39 Å². The first kappa shape index (κ1) is 24.0. The highest BCUT2D eigenvalue weighted by atomic mass is 32.2. The molecule has 0 N–H and O–H groups in total. The Morgan fingerprint density at radius 3 is 2.36 bits per heavy atom. The smallest absolute Gasteiger partial charge is 0.416 e. The Labute approximate surface area is 189 Å². The summed E-state index contributed by atoms with van der Waals surface area (Å²) in [6, 6.07) is 6.79. The van der Waals surface area contributed by atoms with Crippen LogP contribution in [0.15, 0.2) is 36.4 Å². The summed E-state index contributed by atoms with van der Waals surface area (Å²) in [6.07, 6.45) is -0.833. The summed E-state index contributed by atoms with van der Waals surface area (Å²) in [7, 11) is -3.22. The number of alkyl halides is 3. The van der Waals surface area contributed by atoms with Crippen molar-refractivity contribution in [3.8, 4) is 5.75 Å². The van der Waals surface area contributed by atoms with Gasteiger partial charge in [0, 0.05) is 23.2 Å². The third kappa shape index (κ3) is 4.74. The summed E-state index contributed by atoms with van der Waals surface area (Å²) < 4.78 is 98.1. The fourth-order valence-electron chi connectivity index (χ4n) is 5.63. The van der Waals surface area contributed by atoms with Crippen molar-refractivity contribution >= 4 is 9.84 Å². The van der Waals surface area contributed by atoms with E-state index in [2.05, 4.69) is 0 Å². The van der Waals surface area contributed by atoms with E-state index in [4.69, 9.17) is 4.74 Å². The molecule has 0 unspecified atom stereocenters. The number of hydrogen-bond acceptors (Lipinski definition) is 3. The highest BCUT2D eigenvalue weighted by Crippen LogP contribution is 2.55. The van der Waals surface area contributed by atoms with Gasteiger partial charge >= 0.3 is 6.18 Å². The van der Waals surface area contributed by atoms with Crippen LogP contribution in [-0.2, 0) is 27.8 Å². The first-order chi connectivity index (χ1) is 15.4. The lowest BCUT2D eigenvalue weighted by atomic mass is 9.55. The minimum absolute atomic E-state index is 0.0248. The number of sulfone groups is 1. The molecular formula is C24H25F5O3S. The summed E-state index contributed by atoms with van der Waals surface area (Å²) in [5.74, 6) is -1.87. The van der Waals surface area contributed by atoms with Crippen molar-refractivity contribution in [3.05, 3.63) is 64.7 Å². The van der Waals surface area contributed by atoms with E-state index < -0.39 is 38.6 Å². The van der Waals surface area contributed by atoms with Crippen LogP contribution in [0, 0.1) is 23.5 Å². The first-order valence-electron chi connectivity index (χ1n) is 10.9. The van der Waals surface area contributed by atoms with Crippen molar-refractivity contribution in [2.75, 3.05) is 18.6 Å². The first-order valence-corrected chi connectivity index (χ1v) is 12.9. The molecule has 0 aromatic heterocycles. The van der Waals surface area contributed by atoms with E-state index in [1.165, 1.54) is 12.1 Å². The second-order valence-electron chi connectivity index (χ2n) is 9.25. The van der Waals surface area contributed by atoms with Gasteiger partial charge in [-0.25, -0.2) is 17.2 Å². The average Bonchev–Trinajstić information content (AvgIpc) is 2.73. The fraction of sp³-hybridized carbons (Fsp3) is 0.500. The van der Waals surface area contributed by atoms with Crippen molar-refractivity contribution in [2.24, 2.45) is 11.8 Å². The van der Waals surface area contributed by atoms with Crippen LogP contribution in [0.25, 0.3) is 0 Å². The van der Waals surface area contributed by atoms with Gasteiger partial charge in [0.1, 0.15) is 15.7 Å². The molecule has 1 aliphatic carbocycles. The molecule has 9 heteroatoms. The van der Waals surface area contributed by atoms with Gasteiger partial charge in [-0.05, 0) is 61.4 Å². The lowest BCUT2D eigenvalue weighted by Gasteiger charge is -2.52. The maximum Gasteiger partial charge on any atom is 0.416 e. The third-order valence-electron chi connectivity index (χ3n) is 7.10. The molecular weight excluding hydrogens is 463 g/mol. The minimum Gasteiger partial charge on any atom is -0.490 e. The molecule has 0 spiro atoms. The van der Waals surface area contributed by atoms with Crippen LogP contribution < -0.4 is 4.74 Å². The van der Waals surface area contributed by atoms with Crippen LogP contribution in [0.4, 0.5) is 22.0 Å². The zero-order chi connectivity index (χ0) is 24.0. The SMILES string of the molecule is CS(=O)(=O)CC[C@@H]1CCC[C@@]2(Cc3ccc(C(F)(F)F)cc3)c3c(F)ccc(F)c3OC[C@@H]12. The molecule has 2 aromatic carbocycles. The Hall–Kier alpha value is -2.16. The summed E-state index contributed by atoms with van der Waals surface area (Å²) in [5, 5.41) is 0. The van der Waals surface area contributed by atoms with Gasteiger partial charge in [-0.1, -0.05) is 18.6 Å². The van der Waals surface area contributed by atoms with Crippen molar-refractivity contribution in [3.63, 3.8) is 0 Å². The van der Waals surface area contributed by atoms with Crippen molar-refractivity contribution in [1.82, 2.24) is 0 Å². The number of benzene rings is 2. The maximum atomic E-state index is 15.2. The van der Waals surface area contributed by atoms with Gasteiger partial charge in [0.25, 0.3) is 0 Å². The topological polar surface area (TPSA) is 43.4 Å². The van der Waals surface area contributed by atoms with Gasteiger partial charge in [-0.15, -0.1) is 0 Å². The summed E-state index contributed by atoms with van der Waals surface area (Å²) in [5.41, 5.74) is -0.990. The zero-order valence-corrected chi connectivity index (χ0v) is 18.9. The number of halogens is 5. The fourth-order valence-corrected chi connectivity index (χ4v) is 6.36. The molecule has 1 fully saturated rings. The Morgan fingerprint density at radius 1 is 1.06 bits per heavy atom. The number of ether oxygens (including phenoxy) is 1. The largest absolute Gasteiger partial charge is 0.490 e. The standard InChI is InChI=1S/C24H25F5O3S/c1-33(30,31)12-10-16-3-2-11-23(13-15-4-6-17(7-5-15)24(27,28)29)18(16)14-32-22-20(26)9-8-19(25)21(22)23/h4-9,16,18H,2-3,10-14H2,1H3/t16-,18-,23-/m0/s1. The van der Waals surface area contributed by atoms with E-state index in [1.807, 2.05) is 0 Å². The molecule has 2 aromatic rings. The Morgan fingerprint density at radius 2 is 1.73 bits per heavy atom. The Bertz CT molecular complexity index is 1130. The minimum atomic E-state index is -4.47. The molecule has 33 heavy (non-hydrogen) atoms. The molecule has 1 aliphatic heterocycles. The molecule has 1 saturated carbocycles. The second-order valence-corrected chi connectivity index (χ2v) is 11.5. The van der Waals surface area contributed by atoms with Gasteiger partial charge in [0.2, 0.25) is 0 Å². The molecule has 3 nitrogen and oxygen atoms in total. The third-order valence-corrected chi connectivity index (χ3v) is 8.08. The number of fused-ring (bicyclic) bond motifs is 3. The van der Waals surface area contributed by atoms with Crippen molar-refractivity contribution in [2.45, 2.75) is 43.7 Å². The second kappa shape index (κ2) is 8.56. The van der Waals surface area contributed by atoms with Gasteiger partial charge < -0.3 is 4.74 Å². The maximum absolute atomic E-state index is 15.2. The van der Waals surface area contributed by atoms with E-state index in [9.17, 15) is 26.0 Å². The molecule has 2 aliphatic rings. The summed E-state index contributed by atoms with van der Waals surface area (Å²) >= 11 is 0. The van der Waals surface area contributed by atoms with E-state index in [0.717, 1.165) is 36.9 Å².